The summed E-state index contributed by atoms with van der Waals surface area (Å²) in [6, 6.07) is 0. The van der Waals surface area contributed by atoms with E-state index in [1.807, 2.05) is 0 Å². The number of unbranched alkanes of at least 4 members (excludes halogenated alkanes) is 28. The van der Waals surface area contributed by atoms with Crippen molar-refractivity contribution in [3.05, 3.63) is 0 Å². The van der Waals surface area contributed by atoms with Gasteiger partial charge < -0.3 is 14.2 Å². The number of hydrogen-bond acceptors (Lipinski definition) is 6. The summed E-state index contributed by atoms with van der Waals surface area (Å²) < 4.78 is 16.5. The van der Waals surface area contributed by atoms with Gasteiger partial charge in [-0.15, -0.1) is 0 Å². The van der Waals surface area contributed by atoms with E-state index in [1.54, 1.807) is 0 Å². The van der Waals surface area contributed by atoms with Crippen molar-refractivity contribution in [2.75, 3.05) is 13.2 Å². The van der Waals surface area contributed by atoms with Crippen LogP contribution in [-0.4, -0.2) is 37.2 Å². The maximum atomic E-state index is 12.6. The monoisotopic (exact) mass is 695 g/mol. The van der Waals surface area contributed by atoms with Gasteiger partial charge in [0.25, 0.3) is 0 Å². The molecule has 49 heavy (non-hydrogen) atoms. The summed E-state index contributed by atoms with van der Waals surface area (Å²) >= 11 is 0. The zero-order chi connectivity index (χ0) is 35.9. The average molecular weight is 695 g/mol. The first-order valence-electron chi connectivity index (χ1n) is 21.5. The van der Waals surface area contributed by atoms with Crippen LogP contribution in [0.4, 0.5) is 0 Å². The van der Waals surface area contributed by atoms with E-state index >= 15 is 0 Å². The molecule has 1 atom stereocenters. The van der Waals surface area contributed by atoms with E-state index in [4.69, 9.17) is 14.2 Å². The van der Waals surface area contributed by atoms with Gasteiger partial charge in [-0.05, 0) is 19.3 Å². The highest BCUT2D eigenvalue weighted by atomic mass is 16.6. The number of carbonyl (C=O) groups is 3. The Morgan fingerprint density at radius 3 is 0.816 bits per heavy atom. The summed E-state index contributed by atoms with van der Waals surface area (Å²) in [5.74, 6) is -0.872. The topological polar surface area (TPSA) is 78.9 Å². The molecule has 0 aliphatic rings. The molecule has 0 N–H and O–H groups in total. The highest BCUT2D eigenvalue weighted by molar-refractivity contribution is 5.71. The summed E-state index contributed by atoms with van der Waals surface area (Å²) in [6.07, 6.45) is 38.3. The molecule has 0 aliphatic heterocycles. The van der Waals surface area contributed by atoms with Crippen molar-refractivity contribution in [3.8, 4) is 0 Å². The van der Waals surface area contributed by atoms with Gasteiger partial charge in [-0.2, -0.15) is 0 Å². The molecule has 0 saturated carbocycles. The zero-order valence-electron chi connectivity index (χ0n) is 33.0. The molecule has 0 unspecified atom stereocenters. The van der Waals surface area contributed by atoms with Crippen molar-refractivity contribution in [2.24, 2.45) is 0 Å². The number of hydrogen-bond donors (Lipinski definition) is 0. The number of rotatable bonds is 39. The molecule has 0 spiro atoms. The minimum Gasteiger partial charge on any atom is -0.462 e. The lowest BCUT2D eigenvalue weighted by molar-refractivity contribution is -0.167. The van der Waals surface area contributed by atoms with Crippen molar-refractivity contribution in [1.29, 1.82) is 0 Å². The van der Waals surface area contributed by atoms with Crippen LogP contribution in [-0.2, 0) is 28.6 Å². The molecule has 0 amide bonds. The molecule has 0 saturated heterocycles. The number of ether oxygens (including phenoxy) is 3. The summed E-state index contributed by atoms with van der Waals surface area (Å²) in [6.45, 7) is 6.55. The van der Waals surface area contributed by atoms with Crippen LogP contribution in [0.2, 0.25) is 0 Å². The van der Waals surface area contributed by atoms with Crippen LogP contribution in [0.5, 0.6) is 0 Å². The van der Waals surface area contributed by atoms with Crippen LogP contribution >= 0.6 is 0 Å². The van der Waals surface area contributed by atoms with E-state index in [-0.39, 0.29) is 31.1 Å². The smallest absolute Gasteiger partial charge is 0.306 e. The van der Waals surface area contributed by atoms with Crippen LogP contribution in [0.15, 0.2) is 0 Å². The minimum absolute atomic E-state index is 0.0647. The predicted octanol–water partition coefficient (Wildman–Crippen LogP) is 13.3. The Balaban J connectivity index is 4.15. The Kier molecular flexibility index (Phi) is 37.9. The predicted molar refractivity (Wildman–Crippen MR) is 206 cm³/mol. The van der Waals surface area contributed by atoms with Gasteiger partial charge in [0.15, 0.2) is 6.10 Å². The normalized spacial score (nSPS) is 11.8. The van der Waals surface area contributed by atoms with Crippen molar-refractivity contribution in [2.45, 2.75) is 245 Å². The number of carbonyl (C=O) groups excluding carboxylic acids is 3. The maximum absolute atomic E-state index is 12.6. The molecule has 0 aliphatic carbocycles. The van der Waals surface area contributed by atoms with Crippen molar-refractivity contribution in [3.63, 3.8) is 0 Å². The van der Waals surface area contributed by atoms with E-state index in [0.717, 1.165) is 64.2 Å². The fourth-order valence-electron chi connectivity index (χ4n) is 6.32. The van der Waals surface area contributed by atoms with Crippen molar-refractivity contribution in [1.82, 2.24) is 0 Å². The third-order valence-corrected chi connectivity index (χ3v) is 9.61. The number of esters is 3. The van der Waals surface area contributed by atoms with Crippen LogP contribution in [0.3, 0.4) is 0 Å². The van der Waals surface area contributed by atoms with E-state index in [9.17, 15) is 14.4 Å². The molecule has 290 valence electrons. The second-order valence-corrected chi connectivity index (χ2v) is 14.6. The first-order chi connectivity index (χ1) is 24.0. The van der Waals surface area contributed by atoms with Gasteiger partial charge in [0, 0.05) is 19.3 Å². The minimum atomic E-state index is -0.755. The van der Waals surface area contributed by atoms with E-state index in [2.05, 4.69) is 20.8 Å². The quantitative estimate of drug-likeness (QED) is 0.0362. The lowest BCUT2D eigenvalue weighted by Gasteiger charge is -2.18. The second kappa shape index (κ2) is 39.2. The van der Waals surface area contributed by atoms with Gasteiger partial charge in [-0.3, -0.25) is 14.4 Å². The SMILES string of the molecule is CCCCCCCCCCCCCCCCCCCC(=O)O[C@@H](COC(=O)CCCCCCC)COC(=O)CCCCCCCCCCC. The second-order valence-electron chi connectivity index (χ2n) is 14.6. The molecular formula is C43H82O6. The first kappa shape index (κ1) is 47.4. The highest BCUT2D eigenvalue weighted by Crippen LogP contribution is 2.15. The van der Waals surface area contributed by atoms with Gasteiger partial charge >= 0.3 is 17.9 Å². The first-order valence-corrected chi connectivity index (χ1v) is 21.5. The van der Waals surface area contributed by atoms with Crippen LogP contribution in [0.25, 0.3) is 0 Å². The van der Waals surface area contributed by atoms with Gasteiger partial charge in [-0.25, -0.2) is 0 Å². The van der Waals surface area contributed by atoms with Crippen molar-refractivity contribution >= 4 is 17.9 Å². The Bertz CT molecular complexity index is 723. The maximum Gasteiger partial charge on any atom is 0.306 e. The Morgan fingerprint density at radius 1 is 0.327 bits per heavy atom. The van der Waals surface area contributed by atoms with E-state index in [1.165, 1.54) is 135 Å². The molecule has 0 rings (SSSR count). The Morgan fingerprint density at radius 2 is 0.551 bits per heavy atom. The molecule has 6 nitrogen and oxygen atoms in total. The molecule has 0 fully saturated rings. The standard InChI is InChI=1S/C43H82O6/c1-4-7-10-13-15-17-18-19-20-21-22-23-24-26-28-31-34-37-43(46)49-40(38-47-41(44)35-32-29-12-9-6-3)39-48-42(45)36-33-30-27-25-16-14-11-8-5-2/h40H,4-39H2,1-3H3/t40-/m0/s1. The van der Waals surface area contributed by atoms with Crippen LogP contribution in [0.1, 0.15) is 239 Å². The summed E-state index contributed by atoms with van der Waals surface area (Å²) in [5.41, 5.74) is 0. The van der Waals surface area contributed by atoms with Crippen LogP contribution < -0.4 is 0 Å². The molecule has 0 radical (unpaired) electrons. The lowest BCUT2D eigenvalue weighted by atomic mass is 10.0. The van der Waals surface area contributed by atoms with Crippen LogP contribution in [0, 0.1) is 0 Å². The highest BCUT2D eigenvalue weighted by Gasteiger charge is 2.19. The fraction of sp³-hybridized carbons (Fsp3) is 0.930. The summed E-state index contributed by atoms with van der Waals surface area (Å²) in [7, 11) is 0. The summed E-state index contributed by atoms with van der Waals surface area (Å²) in [4.78, 5) is 37.3. The fourth-order valence-corrected chi connectivity index (χ4v) is 6.32. The molecule has 6 heteroatoms. The lowest BCUT2D eigenvalue weighted by Crippen LogP contribution is -2.30. The summed E-state index contributed by atoms with van der Waals surface area (Å²) in [5, 5.41) is 0. The molecule has 0 aromatic rings. The molecule has 0 aromatic heterocycles. The van der Waals surface area contributed by atoms with Gasteiger partial charge in [0.1, 0.15) is 13.2 Å². The molecule has 0 heterocycles. The van der Waals surface area contributed by atoms with E-state index in [0.29, 0.717) is 19.3 Å². The largest absolute Gasteiger partial charge is 0.462 e. The zero-order valence-corrected chi connectivity index (χ0v) is 33.0. The Labute approximate surface area is 304 Å². The van der Waals surface area contributed by atoms with Gasteiger partial charge in [0.2, 0.25) is 0 Å². The van der Waals surface area contributed by atoms with E-state index < -0.39 is 6.10 Å². The molecular weight excluding hydrogens is 612 g/mol. The third kappa shape index (κ3) is 37.5. The Hall–Kier alpha value is -1.59. The average Bonchev–Trinajstić information content (AvgIpc) is 3.09. The van der Waals surface area contributed by atoms with Gasteiger partial charge in [0.05, 0.1) is 0 Å². The van der Waals surface area contributed by atoms with Gasteiger partial charge in [-0.1, -0.05) is 201 Å². The molecule has 0 bridgehead atoms. The van der Waals surface area contributed by atoms with Crippen molar-refractivity contribution < 1.29 is 28.6 Å². The third-order valence-electron chi connectivity index (χ3n) is 9.61. The molecule has 0 aromatic carbocycles.